The molecule has 0 N–H and O–H groups in total. The van der Waals surface area contributed by atoms with E-state index in [1.807, 2.05) is 6.07 Å². The average molecular weight is 289 g/mol. The highest BCUT2D eigenvalue weighted by atomic mass is 16.8. The van der Waals surface area contributed by atoms with E-state index in [1.54, 1.807) is 44.2 Å². The number of fused-ring (bicyclic) bond motifs is 1. The molecule has 0 spiro atoms. The van der Waals surface area contributed by atoms with Crippen LogP contribution in [-0.4, -0.2) is 36.4 Å². The zero-order chi connectivity index (χ0) is 15.0. The summed E-state index contributed by atoms with van der Waals surface area (Å²) in [6.07, 6.45) is -3.01. The molecule has 3 rings (SSSR count). The van der Waals surface area contributed by atoms with Gasteiger partial charge in [-0.2, -0.15) is 5.26 Å². The third-order valence-corrected chi connectivity index (χ3v) is 3.37. The van der Waals surface area contributed by atoms with Crippen molar-refractivity contribution in [3.05, 3.63) is 35.9 Å². The summed E-state index contributed by atoms with van der Waals surface area (Å²) >= 11 is 0. The highest BCUT2D eigenvalue weighted by Crippen LogP contribution is 2.38. The van der Waals surface area contributed by atoms with Crippen molar-refractivity contribution in [2.24, 2.45) is 0 Å². The Bertz CT molecular complexity index is 579. The van der Waals surface area contributed by atoms with Gasteiger partial charge in [0.1, 0.15) is 0 Å². The maximum absolute atomic E-state index is 12.1. The molecule has 0 aromatic heterocycles. The minimum absolute atomic E-state index is 0.413. The minimum Gasteiger partial charge on any atom is -0.452 e. The molecule has 2 aliphatic heterocycles. The lowest BCUT2D eigenvalue weighted by molar-refractivity contribution is -0.208. The monoisotopic (exact) mass is 289 g/mol. The first-order chi connectivity index (χ1) is 10.00. The quantitative estimate of drug-likeness (QED) is 0.770. The summed E-state index contributed by atoms with van der Waals surface area (Å²) in [7, 11) is 0. The van der Waals surface area contributed by atoms with Crippen molar-refractivity contribution in [1.82, 2.24) is 0 Å². The van der Waals surface area contributed by atoms with E-state index in [9.17, 15) is 4.79 Å². The van der Waals surface area contributed by atoms with Crippen LogP contribution in [0.25, 0.3) is 0 Å². The van der Waals surface area contributed by atoms with Crippen LogP contribution >= 0.6 is 0 Å². The maximum Gasteiger partial charge on any atom is 0.338 e. The lowest BCUT2D eigenvalue weighted by atomic mass is 10.1. The number of hydrogen-bond donors (Lipinski definition) is 0. The van der Waals surface area contributed by atoms with E-state index in [-0.39, 0.29) is 0 Å². The molecule has 0 bridgehead atoms. The Balaban J connectivity index is 1.77. The second-order valence-corrected chi connectivity index (χ2v) is 5.39. The number of benzene rings is 1. The fourth-order valence-corrected chi connectivity index (χ4v) is 2.48. The number of nitrogens with zero attached hydrogens (tertiary/aromatic N) is 1. The van der Waals surface area contributed by atoms with E-state index in [1.165, 1.54) is 0 Å². The highest BCUT2D eigenvalue weighted by molar-refractivity contribution is 5.89. The molecule has 0 amide bonds. The number of nitriles is 1. The van der Waals surface area contributed by atoms with Crippen molar-refractivity contribution in [2.75, 3.05) is 0 Å². The van der Waals surface area contributed by atoms with Crippen LogP contribution in [0.2, 0.25) is 0 Å². The van der Waals surface area contributed by atoms with Crippen LogP contribution in [0.15, 0.2) is 30.3 Å². The molecule has 0 unspecified atom stereocenters. The van der Waals surface area contributed by atoms with Crippen LogP contribution in [0.4, 0.5) is 0 Å². The first kappa shape index (κ1) is 14.0. The Morgan fingerprint density at radius 2 is 2.00 bits per heavy atom. The van der Waals surface area contributed by atoms with Crippen LogP contribution in [0.3, 0.4) is 0 Å². The Morgan fingerprint density at radius 3 is 2.67 bits per heavy atom. The van der Waals surface area contributed by atoms with Crippen LogP contribution in [0, 0.1) is 11.3 Å². The molecular formula is C15H15NO5. The summed E-state index contributed by atoms with van der Waals surface area (Å²) in [6, 6.07) is 10.5. The number of carbonyl (C=O) groups excluding carboxylic acids is 1. The standard InChI is InChI=1S/C15H15NO5/c1-15(2)20-12-11(10(8-16)18-14(12)21-15)19-13(17)9-6-4-3-5-7-9/h3-7,10-12,14H,1-2H3/t10-,11+,12-,14-/m1/s1. The molecule has 21 heavy (non-hydrogen) atoms. The number of hydrogen-bond acceptors (Lipinski definition) is 6. The number of rotatable bonds is 2. The van der Waals surface area contributed by atoms with E-state index in [4.69, 9.17) is 24.2 Å². The second-order valence-electron chi connectivity index (χ2n) is 5.39. The van der Waals surface area contributed by atoms with Gasteiger partial charge in [0.15, 0.2) is 30.4 Å². The Hall–Kier alpha value is -1.94. The molecule has 6 heteroatoms. The lowest BCUT2D eigenvalue weighted by Crippen LogP contribution is -2.37. The Kier molecular flexibility index (Phi) is 3.41. The van der Waals surface area contributed by atoms with Gasteiger partial charge in [0.05, 0.1) is 11.6 Å². The molecule has 0 aliphatic carbocycles. The van der Waals surface area contributed by atoms with Crippen LogP contribution < -0.4 is 0 Å². The first-order valence-corrected chi connectivity index (χ1v) is 6.67. The predicted octanol–water partition coefficient (Wildman–Crippen LogP) is 1.61. The van der Waals surface area contributed by atoms with Gasteiger partial charge in [-0.3, -0.25) is 0 Å². The Morgan fingerprint density at radius 1 is 1.29 bits per heavy atom. The minimum atomic E-state index is -0.899. The van der Waals surface area contributed by atoms with E-state index in [2.05, 4.69) is 0 Å². The van der Waals surface area contributed by atoms with E-state index in [0.29, 0.717) is 5.56 Å². The lowest BCUT2D eigenvalue weighted by Gasteiger charge is -2.22. The molecule has 2 saturated heterocycles. The predicted molar refractivity (Wildman–Crippen MR) is 70.0 cm³/mol. The molecule has 1 aromatic carbocycles. The van der Waals surface area contributed by atoms with E-state index >= 15 is 0 Å². The molecule has 0 radical (unpaired) electrons. The molecule has 2 heterocycles. The van der Waals surface area contributed by atoms with Gasteiger partial charge < -0.3 is 18.9 Å². The maximum atomic E-state index is 12.1. The number of carbonyl (C=O) groups is 1. The molecule has 1 aromatic rings. The van der Waals surface area contributed by atoms with Gasteiger partial charge in [-0.1, -0.05) is 18.2 Å². The number of esters is 1. The van der Waals surface area contributed by atoms with Gasteiger partial charge in [0, 0.05) is 0 Å². The van der Waals surface area contributed by atoms with Crippen molar-refractivity contribution in [3.63, 3.8) is 0 Å². The zero-order valence-corrected chi connectivity index (χ0v) is 11.7. The summed E-state index contributed by atoms with van der Waals surface area (Å²) in [5.41, 5.74) is 0.413. The summed E-state index contributed by atoms with van der Waals surface area (Å²) in [5.74, 6) is -1.34. The molecule has 4 atom stereocenters. The van der Waals surface area contributed by atoms with Crippen LogP contribution in [-0.2, 0) is 18.9 Å². The van der Waals surface area contributed by atoms with Crippen molar-refractivity contribution in [1.29, 1.82) is 5.26 Å². The van der Waals surface area contributed by atoms with Gasteiger partial charge >= 0.3 is 5.97 Å². The Labute approximate surface area is 122 Å². The normalized spacial score (nSPS) is 33.2. The summed E-state index contributed by atoms with van der Waals surface area (Å²) in [6.45, 7) is 3.48. The third-order valence-electron chi connectivity index (χ3n) is 3.37. The SMILES string of the molecule is CC1(C)O[C@H]2O[C@H](C#N)[C@H](OC(=O)c3ccccc3)[C@H]2O1. The van der Waals surface area contributed by atoms with E-state index < -0.39 is 36.4 Å². The van der Waals surface area contributed by atoms with Gasteiger partial charge in [-0.25, -0.2) is 4.79 Å². The van der Waals surface area contributed by atoms with E-state index in [0.717, 1.165) is 0 Å². The summed E-state index contributed by atoms with van der Waals surface area (Å²) in [4.78, 5) is 12.1. The van der Waals surface area contributed by atoms with Gasteiger partial charge in [-0.15, -0.1) is 0 Å². The highest BCUT2D eigenvalue weighted by Gasteiger charge is 2.56. The third kappa shape index (κ3) is 2.63. The van der Waals surface area contributed by atoms with Crippen molar-refractivity contribution >= 4 is 5.97 Å². The van der Waals surface area contributed by atoms with Gasteiger partial charge in [0.25, 0.3) is 0 Å². The smallest absolute Gasteiger partial charge is 0.338 e. The van der Waals surface area contributed by atoms with Crippen LogP contribution in [0.1, 0.15) is 24.2 Å². The molecule has 6 nitrogen and oxygen atoms in total. The second kappa shape index (κ2) is 5.11. The zero-order valence-electron chi connectivity index (χ0n) is 11.7. The molecule has 2 fully saturated rings. The van der Waals surface area contributed by atoms with Crippen molar-refractivity contribution < 1.29 is 23.7 Å². The molecule has 110 valence electrons. The largest absolute Gasteiger partial charge is 0.452 e. The number of ether oxygens (including phenoxy) is 4. The molecule has 0 saturated carbocycles. The fourth-order valence-electron chi connectivity index (χ4n) is 2.48. The van der Waals surface area contributed by atoms with Crippen LogP contribution in [0.5, 0.6) is 0 Å². The first-order valence-electron chi connectivity index (χ1n) is 6.67. The molecular weight excluding hydrogens is 274 g/mol. The van der Waals surface area contributed by atoms with Gasteiger partial charge in [-0.05, 0) is 26.0 Å². The fraction of sp³-hybridized carbons (Fsp3) is 0.467. The van der Waals surface area contributed by atoms with Gasteiger partial charge in [0.2, 0.25) is 0 Å². The average Bonchev–Trinajstić information content (AvgIpc) is 2.92. The topological polar surface area (TPSA) is 77.8 Å². The van der Waals surface area contributed by atoms with Crippen molar-refractivity contribution in [2.45, 2.75) is 44.2 Å². The molecule has 2 aliphatic rings. The summed E-state index contributed by atoms with van der Waals surface area (Å²) in [5, 5.41) is 9.13. The van der Waals surface area contributed by atoms with Crippen molar-refractivity contribution in [3.8, 4) is 6.07 Å². The summed E-state index contributed by atoms with van der Waals surface area (Å²) < 4.78 is 22.1.